The van der Waals surface area contributed by atoms with Crippen LogP contribution in [0.25, 0.3) is 0 Å². The Bertz CT molecular complexity index is 187. The molecule has 0 unspecified atom stereocenters. The molecule has 0 amide bonds. The largest absolute Gasteiger partial charge is 0.368 e. The van der Waals surface area contributed by atoms with E-state index in [4.69, 9.17) is 0 Å². The van der Waals surface area contributed by atoms with Gasteiger partial charge in [0, 0.05) is 0 Å². The van der Waals surface area contributed by atoms with Crippen LogP contribution in [-0.2, 0) is 0 Å². The number of hydrogen-bond acceptors (Lipinski definition) is 1. The summed E-state index contributed by atoms with van der Waals surface area (Å²) in [5.41, 5.74) is 2.80. The maximum Gasteiger partial charge on any atom is -0.000632 e. The molecular formula is C12H23N. The average Bonchev–Trinajstić information content (AvgIpc) is 2.02. The third kappa shape index (κ3) is 7.63. The van der Waals surface area contributed by atoms with E-state index in [2.05, 4.69) is 52.3 Å². The minimum atomic E-state index is 0.745. The molecular weight excluding hydrogens is 158 g/mol. The molecule has 13 heavy (non-hydrogen) atoms. The van der Waals surface area contributed by atoms with Crippen LogP contribution in [0.2, 0.25) is 0 Å². The van der Waals surface area contributed by atoms with Crippen LogP contribution in [0.4, 0.5) is 0 Å². The van der Waals surface area contributed by atoms with E-state index in [0.717, 1.165) is 12.3 Å². The van der Waals surface area contributed by atoms with Crippen LogP contribution in [0.3, 0.4) is 0 Å². The fraction of sp³-hybridized carbons (Fsp3) is 0.667. The molecule has 0 heterocycles. The van der Waals surface area contributed by atoms with Crippen molar-refractivity contribution in [1.29, 1.82) is 0 Å². The highest BCUT2D eigenvalue weighted by atomic mass is 14.8. The quantitative estimate of drug-likeness (QED) is 0.679. The first kappa shape index (κ1) is 12.3. The zero-order chi connectivity index (χ0) is 10.3. The summed E-state index contributed by atoms with van der Waals surface area (Å²) >= 11 is 0. The van der Waals surface area contributed by atoms with Crippen LogP contribution < -0.4 is 5.32 Å². The Morgan fingerprint density at radius 3 is 2.15 bits per heavy atom. The summed E-state index contributed by atoms with van der Waals surface area (Å²) in [5.74, 6) is 0.745. The number of allylic oxidation sites excluding steroid dienone is 2. The van der Waals surface area contributed by atoms with Crippen molar-refractivity contribution in [2.45, 2.75) is 47.5 Å². The van der Waals surface area contributed by atoms with E-state index in [1.54, 1.807) is 0 Å². The van der Waals surface area contributed by atoms with Gasteiger partial charge in [0.15, 0.2) is 0 Å². The van der Waals surface area contributed by atoms with Crippen molar-refractivity contribution in [2.24, 2.45) is 5.92 Å². The summed E-state index contributed by atoms with van der Waals surface area (Å²) < 4.78 is 0. The Kier molecular flexibility index (Phi) is 6.38. The molecule has 0 aliphatic heterocycles. The average molecular weight is 181 g/mol. The molecule has 76 valence electrons. The SMILES string of the molecule is CC/C(C)=C/N/C=C(\C)CC(C)C. The van der Waals surface area contributed by atoms with E-state index < -0.39 is 0 Å². The number of nitrogens with one attached hydrogen (secondary N) is 1. The van der Waals surface area contributed by atoms with Crippen LogP contribution in [0, 0.1) is 5.92 Å². The van der Waals surface area contributed by atoms with E-state index >= 15 is 0 Å². The predicted molar refractivity (Wildman–Crippen MR) is 60.4 cm³/mol. The van der Waals surface area contributed by atoms with Crippen molar-refractivity contribution in [3.63, 3.8) is 0 Å². The molecule has 1 heteroatoms. The van der Waals surface area contributed by atoms with Gasteiger partial charge >= 0.3 is 0 Å². The second-order valence-corrected chi connectivity index (χ2v) is 4.10. The normalized spacial score (nSPS) is 13.7. The molecule has 0 saturated carbocycles. The van der Waals surface area contributed by atoms with Gasteiger partial charge in [-0.05, 0) is 45.0 Å². The van der Waals surface area contributed by atoms with E-state index in [-0.39, 0.29) is 0 Å². The minimum absolute atomic E-state index is 0.745. The lowest BCUT2D eigenvalue weighted by molar-refractivity contribution is 0.640. The zero-order valence-corrected chi connectivity index (χ0v) is 9.65. The van der Waals surface area contributed by atoms with Crippen molar-refractivity contribution in [3.05, 3.63) is 23.5 Å². The fourth-order valence-corrected chi connectivity index (χ4v) is 1.13. The third-order valence-electron chi connectivity index (χ3n) is 1.95. The van der Waals surface area contributed by atoms with Crippen molar-refractivity contribution in [2.75, 3.05) is 0 Å². The predicted octanol–water partition coefficient (Wildman–Crippen LogP) is 3.84. The van der Waals surface area contributed by atoms with Gasteiger partial charge in [0.2, 0.25) is 0 Å². The molecule has 0 spiro atoms. The number of rotatable bonds is 5. The molecule has 0 atom stereocenters. The Hall–Kier alpha value is -0.720. The van der Waals surface area contributed by atoms with Gasteiger partial charge in [-0.2, -0.15) is 0 Å². The molecule has 0 aromatic rings. The van der Waals surface area contributed by atoms with Gasteiger partial charge in [0.05, 0.1) is 0 Å². The van der Waals surface area contributed by atoms with Crippen molar-refractivity contribution >= 4 is 0 Å². The Morgan fingerprint density at radius 1 is 1.15 bits per heavy atom. The van der Waals surface area contributed by atoms with Gasteiger partial charge in [-0.25, -0.2) is 0 Å². The minimum Gasteiger partial charge on any atom is -0.368 e. The second kappa shape index (κ2) is 6.76. The summed E-state index contributed by atoms with van der Waals surface area (Å²) in [4.78, 5) is 0. The van der Waals surface area contributed by atoms with Crippen LogP contribution in [0.5, 0.6) is 0 Å². The molecule has 0 bridgehead atoms. The first-order chi connectivity index (χ1) is 6.06. The Balaban J connectivity index is 3.83. The lowest BCUT2D eigenvalue weighted by Crippen LogP contribution is -1.98. The molecule has 0 aliphatic carbocycles. The van der Waals surface area contributed by atoms with E-state index in [1.807, 2.05) is 0 Å². The third-order valence-corrected chi connectivity index (χ3v) is 1.95. The molecule has 0 fully saturated rings. The lowest BCUT2D eigenvalue weighted by Gasteiger charge is -2.04. The summed E-state index contributed by atoms with van der Waals surface area (Å²) in [7, 11) is 0. The van der Waals surface area contributed by atoms with Crippen LogP contribution in [0.1, 0.15) is 47.5 Å². The molecule has 0 aromatic heterocycles. The van der Waals surface area contributed by atoms with Gasteiger partial charge < -0.3 is 5.32 Å². The molecule has 0 aliphatic rings. The van der Waals surface area contributed by atoms with E-state index in [0.29, 0.717) is 0 Å². The first-order valence-electron chi connectivity index (χ1n) is 5.13. The van der Waals surface area contributed by atoms with Gasteiger partial charge in [-0.1, -0.05) is 31.9 Å². The van der Waals surface area contributed by atoms with E-state index in [9.17, 15) is 0 Å². The first-order valence-corrected chi connectivity index (χ1v) is 5.13. The molecule has 0 aromatic carbocycles. The van der Waals surface area contributed by atoms with Crippen LogP contribution >= 0.6 is 0 Å². The van der Waals surface area contributed by atoms with Crippen molar-refractivity contribution in [1.82, 2.24) is 5.32 Å². The van der Waals surface area contributed by atoms with Gasteiger partial charge in [0.25, 0.3) is 0 Å². The highest BCUT2D eigenvalue weighted by Crippen LogP contribution is 2.08. The van der Waals surface area contributed by atoms with Crippen molar-refractivity contribution in [3.8, 4) is 0 Å². The highest BCUT2D eigenvalue weighted by Gasteiger charge is 1.93. The zero-order valence-electron chi connectivity index (χ0n) is 9.65. The number of hydrogen-bond donors (Lipinski definition) is 1. The maximum absolute atomic E-state index is 3.22. The topological polar surface area (TPSA) is 12.0 Å². The second-order valence-electron chi connectivity index (χ2n) is 4.10. The smallest absolute Gasteiger partial charge is 0.000632 e. The summed E-state index contributed by atoms with van der Waals surface area (Å²) in [6, 6.07) is 0. The fourth-order valence-electron chi connectivity index (χ4n) is 1.13. The van der Waals surface area contributed by atoms with Gasteiger partial charge in [-0.3, -0.25) is 0 Å². The molecule has 0 radical (unpaired) electrons. The van der Waals surface area contributed by atoms with Gasteiger partial charge in [-0.15, -0.1) is 0 Å². The summed E-state index contributed by atoms with van der Waals surface area (Å²) in [6.45, 7) is 11.0. The highest BCUT2D eigenvalue weighted by molar-refractivity contribution is 5.03. The Morgan fingerprint density at radius 2 is 1.69 bits per heavy atom. The molecule has 0 rings (SSSR count). The van der Waals surface area contributed by atoms with Crippen LogP contribution in [-0.4, -0.2) is 0 Å². The van der Waals surface area contributed by atoms with Crippen LogP contribution in [0.15, 0.2) is 23.5 Å². The van der Waals surface area contributed by atoms with E-state index in [1.165, 1.54) is 17.6 Å². The maximum atomic E-state index is 3.22. The van der Waals surface area contributed by atoms with Crippen molar-refractivity contribution < 1.29 is 0 Å². The molecule has 1 nitrogen and oxygen atoms in total. The van der Waals surface area contributed by atoms with Gasteiger partial charge in [0.1, 0.15) is 0 Å². The molecule has 0 saturated heterocycles. The molecule has 1 N–H and O–H groups in total. The lowest BCUT2D eigenvalue weighted by atomic mass is 10.1. The standard InChI is InChI=1S/C12H23N/c1-6-11(4)8-13-9-12(5)7-10(2)3/h8-10,13H,6-7H2,1-5H3/b11-8+,12-9+. The summed E-state index contributed by atoms with van der Waals surface area (Å²) in [5, 5.41) is 3.22. The monoisotopic (exact) mass is 181 g/mol. The Labute approximate surface area is 82.9 Å². The summed E-state index contributed by atoms with van der Waals surface area (Å²) in [6.07, 6.45) is 6.46.